The summed E-state index contributed by atoms with van der Waals surface area (Å²) in [6.07, 6.45) is 2.24. The molecule has 2 rings (SSSR count). The second-order valence-corrected chi connectivity index (χ2v) is 8.07. The van der Waals surface area contributed by atoms with Crippen molar-refractivity contribution >= 4 is 34.8 Å². The van der Waals surface area contributed by atoms with Crippen molar-refractivity contribution < 1.29 is 9.59 Å². The molecule has 0 unspecified atom stereocenters. The molecule has 1 amide bonds. The molecule has 0 aliphatic carbocycles. The van der Waals surface area contributed by atoms with Gasteiger partial charge in [0.15, 0.2) is 10.9 Å². The number of Topliss-reactive ketones (excluding diaryl/α,β-unsaturated/α-hetero) is 1. The Labute approximate surface area is 157 Å². The number of nitrogens with one attached hydrogen (secondary N) is 1. The van der Waals surface area contributed by atoms with Crippen molar-refractivity contribution in [3.8, 4) is 0 Å². The number of aromatic nitrogens is 2. The Morgan fingerprint density at radius 3 is 2.76 bits per heavy atom. The maximum atomic E-state index is 12.5. The summed E-state index contributed by atoms with van der Waals surface area (Å²) in [4.78, 5) is 29.7. The zero-order valence-corrected chi connectivity index (χ0v) is 16.9. The minimum absolute atomic E-state index is 0.0681. The molecule has 7 heteroatoms. The Morgan fingerprint density at radius 2 is 2.08 bits per heavy atom. The number of nitrogens with zero attached hydrogens (tertiary/aromatic N) is 2. The molecule has 0 radical (unpaired) electrons. The molecule has 136 valence electrons. The van der Waals surface area contributed by atoms with E-state index in [0.29, 0.717) is 12.3 Å². The number of carbonyl (C=O) groups is 2. The largest absolute Gasteiger partial charge is 0.351 e. The lowest BCUT2D eigenvalue weighted by atomic mass is 10.3. The third-order valence-corrected chi connectivity index (χ3v) is 6.04. The van der Waals surface area contributed by atoms with Crippen molar-refractivity contribution in [1.82, 2.24) is 14.9 Å². The van der Waals surface area contributed by atoms with Gasteiger partial charge in [-0.2, -0.15) is 0 Å². The van der Waals surface area contributed by atoms with Crippen LogP contribution in [0.25, 0.3) is 0 Å². The lowest BCUT2D eigenvalue weighted by Gasteiger charge is -2.08. The van der Waals surface area contributed by atoms with Crippen molar-refractivity contribution in [2.45, 2.75) is 58.8 Å². The summed E-state index contributed by atoms with van der Waals surface area (Å²) in [5, 5.41) is 3.67. The molecule has 2 aromatic heterocycles. The van der Waals surface area contributed by atoms with Gasteiger partial charge in [-0.3, -0.25) is 9.59 Å². The van der Waals surface area contributed by atoms with E-state index in [0.717, 1.165) is 40.0 Å². The maximum absolute atomic E-state index is 12.5. The molecule has 25 heavy (non-hydrogen) atoms. The van der Waals surface area contributed by atoms with Gasteiger partial charge in [0.25, 0.3) is 0 Å². The van der Waals surface area contributed by atoms with Crippen molar-refractivity contribution in [3.05, 3.63) is 33.3 Å². The lowest BCUT2D eigenvalue weighted by molar-refractivity contribution is -0.119. The number of imidazole rings is 1. The van der Waals surface area contributed by atoms with Gasteiger partial charge >= 0.3 is 0 Å². The van der Waals surface area contributed by atoms with Gasteiger partial charge in [-0.25, -0.2) is 4.98 Å². The number of carbonyl (C=O) groups excluding carboxylic acids is 2. The topological polar surface area (TPSA) is 64.0 Å². The first-order valence-corrected chi connectivity index (χ1v) is 10.3. The van der Waals surface area contributed by atoms with E-state index in [9.17, 15) is 9.59 Å². The molecule has 0 spiro atoms. The summed E-state index contributed by atoms with van der Waals surface area (Å²) in [5.41, 5.74) is 2.21. The Morgan fingerprint density at radius 1 is 1.32 bits per heavy atom. The van der Waals surface area contributed by atoms with Gasteiger partial charge in [-0.15, -0.1) is 11.3 Å². The molecule has 0 saturated heterocycles. The van der Waals surface area contributed by atoms with Crippen LogP contribution in [0.3, 0.4) is 0 Å². The molecular weight excluding hydrogens is 354 g/mol. The molecule has 0 aliphatic rings. The molecule has 0 atom stereocenters. The summed E-state index contributed by atoms with van der Waals surface area (Å²) in [7, 11) is 0. The molecule has 0 saturated carbocycles. The molecule has 2 heterocycles. The predicted molar refractivity (Wildman–Crippen MR) is 104 cm³/mol. The van der Waals surface area contributed by atoms with Crippen molar-refractivity contribution in [2.75, 3.05) is 5.75 Å². The van der Waals surface area contributed by atoms with Crippen LogP contribution in [0.5, 0.6) is 0 Å². The van der Waals surface area contributed by atoms with Crippen LogP contribution in [0, 0.1) is 13.8 Å². The number of thiophene rings is 1. The summed E-state index contributed by atoms with van der Waals surface area (Å²) >= 11 is 2.94. The average molecular weight is 380 g/mol. The van der Waals surface area contributed by atoms with E-state index in [2.05, 4.69) is 28.7 Å². The molecule has 2 aromatic rings. The quantitative estimate of drug-likeness (QED) is 0.529. The van der Waals surface area contributed by atoms with Crippen LogP contribution >= 0.6 is 23.1 Å². The molecule has 0 aromatic carbocycles. The highest BCUT2D eigenvalue weighted by Gasteiger charge is 2.15. The standard InChI is InChI=1S/C18H25N3O2S2/c1-5-6-9-21-13(3)12(2)20-18(21)24-11-16(23)17-8-7-15(25-17)10-19-14(4)22/h7-8H,5-6,9-11H2,1-4H3,(H,19,22). The Balaban J connectivity index is 1.98. The number of ketones is 1. The first-order valence-electron chi connectivity index (χ1n) is 8.45. The summed E-state index contributed by atoms with van der Waals surface area (Å²) < 4.78 is 2.22. The second kappa shape index (κ2) is 9.20. The number of aryl methyl sites for hydroxylation is 1. The van der Waals surface area contributed by atoms with Crippen LogP contribution < -0.4 is 5.32 Å². The third kappa shape index (κ3) is 5.44. The van der Waals surface area contributed by atoms with Crippen molar-refractivity contribution in [3.63, 3.8) is 0 Å². The van der Waals surface area contributed by atoms with Crippen LogP contribution in [0.15, 0.2) is 17.3 Å². The van der Waals surface area contributed by atoms with E-state index in [4.69, 9.17) is 0 Å². The van der Waals surface area contributed by atoms with E-state index < -0.39 is 0 Å². The van der Waals surface area contributed by atoms with Gasteiger partial charge in [-0.05, 0) is 32.4 Å². The molecule has 0 fully saturated rings. The molecule has 5 nitrogen and oxygen atoms in total. The Kier molecular flexibility index (Phi) is 7.25. The molecular formula is C18H25N3O2S2. The predicted octanol–water partition coefficient (Wildman–Crippen LogP) is 3.97. The minimum Gasteiger partial charge on any atom is -0.351 e. The van der Waals surface area contributed by atoms with E-state index in [1.165, 1.54) is 35.7 Å². The number of rotatable bonds is 9. The first kappa shape index (κ1) is 19.7. The van der Waals surface area contributed by atoms with Gasteiger partial charge in [-0.1, -0.05) is 25.1 Å². The summed E-state index contributed by atoms with van der Waals surface area (Å²) in [6.45, 7) is 9.17. The fraction of sp³-hybridized carbons (Fsp3) is 0.500. The molecule has 0 aliphatic heterocycles. The van der Waals surface area contributed by atoms with Crippen LogP contribution in [0.2, 0.25) is 0 Å². The van der Waals surface area contributed by atoms with E-state index in [-0.39, 0.29) is 11.7 Å². The highest BCUT2D eigenvalue weighted by molar-refractivity contribution is 7.99. The lowest BCUT2D eigenvalue weighted by Crippen LogP contribution is -2.18. The van der Waals surface area contributed by atoms with Crippen LogP contribution in [-0.2, 0) is 17.9 Å². The Bertz CT molecular complexity index is 750. The highest BCUT2D eigenvalue weighted by atomic mass is 32.2. The number of thioether (sulfide) groups is 1. The number of hydrogen-bond donors (Lipinski definition) is 1. The minimum atomic E-state index is -0.0681. The maximum Gasteiger partial charge on any atom is 0.217 e. The zero-order valence-electron chi connectivity index (χ0n) is 15.2. The summed E-state index contributed by atoms with van der Waals surface area (Å²) in [5.74, 6) is 0.410. The fourth-order valence-corrected chi connectivity index (χ4v) is 4.33. The smallest absolute Gasteiger partial charge is 0.217 e. The average Bonchev–Trinajstić information content (AvgIpc) is 3.15. The number of amides is 1. The van der Waals surface area contributed by atoms with Crippen LogP contribution in [0.4, 0.5) is 0 Å². The zero-order chi connectivity index (χ0) is 18.4. The first-order chi connectivity index (χ1) is 11.9. The van der Waals surface area contributed by atoms with Crippen LogP contribution in [-0.4, -0.2) is 27.0 Å². The SMILES string of the molecule is CCCCn1c(SCC(=O)c2ccc(CNC(C)=O)s2)nc(C)c1C. The fourth-order valence-electron chi connectivity index (χ4n) is 2.35. The summed E-state index contributed by atoms with van der Waals surface area (Å²) in [6, 6.07) is 3.74. The van der Waals surface area contributed by atoms with Gasteiger partial charge in [0.05, 0.1) is 22.9 Å². The van der Waals surface area contributed by atoms with Crippen molar-refractivity contribution in [1.29, 1.82) is 0 Å². The number of unbranched alkanes of at least 4 members (excludes halogenated alkanes) is 1. The van der Waals surface area contributed by atoms with Crippen molar-refractivity contribution in [2.24, 2.45) is 0 Å². The molecule has 0 bridgehead atoms. The molecule has 1 N–H and O–H groups in total. The Hall–Kier alpha value is -1.60. The van der Waals surface area contributed by atoms with Gasteiger partial charge in [0.1, 0.15) is 0 Å². The van der Waals surface area contributed by atoms with E-state index in [1.807, 2.05) is 19.1 Å². The van der Waals surface area contributed by atoms with Gasteiger partial charge in [0.2, 0.25) is 5.91 Å². The highest BCUT2D eigenvalue weighted by Crippen LogP contribution is 2.24. The third-order valence-electron chi connectivity index (χ3n) is 3.94. The number of hydrogen-bond acceptors (Lipinski definition) is 5. The van der Waals surface area contributed by atoms with Crippen LogP contribution in [0.1, 0.15) is 52.6 Å². The van der Waals surface area contributed by atoms with E-state index >= 15 is 0 Å². The monoisotopic (exact) mass is 379 g/mol. The second-order valence-electron chi connectivity index (χ2n) is 5.96. The van der Waals surface area contributed by atoms with E-state index in [1.54, 1.807) is 0 Å². The normalized spacial score (nSPS) is 10.9. The van der Waals surface area contributed by atoms with Gasteiger partial charge in [0, 0.05) is 24.0 Å². The van der Waals surface area contributed by atoms with Gasteiger partial charge < -0.3 is 9.88 Å².